The second kappa shape index (κ2) is 6.80. The third-order valence-electron chi connectivity index (χ3n) is 3.14. The lowest BCUT2D eigenvalue weighted by Gasteiger charge is -2.16. The van der Waals surface area contributed by atoms with Crippen LogP contribution in [-0.2, 0) is 15.2 Å². The monoisotopic (exact) mass is 362 g/mol. The largest absolute Gasteiger partial charge is 0.493 e. The van der Waals surface area contributed by atoms with E-state index in [9.17, 15) is 8.42 Å². The highest BCUT2D eigenvalue weighted by Gasteiger charge is 2.29. The van der Waals surface area contributed by atoms with E-state index in [-0.39, 0.29) is 17.6 Å². The van der Waals surface area contributed by atoms with Gasteiger partial charge in [0.1, 0.15) is 17.6 Å². The van der Waals surface area contributed by atoms with Gasteiger partial charge in [-0.25, -0.2) is 8.42 Å². The van der Waals surface area contributed by atoms with E-state index >= 15 is 0 Å². The van der Waals surface area contributed by atoms with Crippen molar-refractivity contribution < 1.29 is 17.9 Å². The van der Waals surface area contributed by atoms with Gasteiger partial charge in [-0.2, -0.15) is 0 Å². The van der Waals surface area contributed by atoms with Crippen molar-refractivity contribution in [3.8, 4) is 11.5 Å². The van der Waals surface area contributed by atoms with Crippen molar-refractivity contribution in [1.82, 2.24) is 0 Å². The van der Waals surface area contributed by atoms with Crippen LogP contribution < -0.4 is 9.47 Å². The summed E-state index contributed by atoms with van der Waals surface area (Å²) in [7, 11) is -2.93. The maximum Gasteiger partial charge on any atom is 0.154 e. The predicted molar refractivity (Wildman–Crippen MR) is 82.5 cm³/mol. The number of alkyl halides is 1. The normalized spacial score (nSPS) is 20.8. The van der Waals surface area contributed by atoms with Gasteiger partial charge in [-0.3, -0.25) is 0 Å². The van der Waals surface area contributed by atoms with E-state index in [0.717, 1.165) is 17.7 Å². The zero-order valence-corrected chi connectivity index (χ0v) is 13.9. The lowest BCUT2D eigenvalue weighted by atomic mass is 10.2. The molecule has 0 N–H and O–H groups in total. The molecule has 1 saturated heterocycles. The average molecular weight is 363 g/mol. The molecule has 0 saturated carbocycles. The molecule has 20 heavy (non-hydrogen) atoms. The number of rotatable bonds is 6. The quantitative estimate of drug-likeness (QED) is 0.730. The van der Waals surface area contributed by atoms with E-state index in [2.05, 4.69) is 15.9 Å². The van der Waals surface area contributed by atoms with Crippen molar-refractivity contribution >= 4 is 25.8 Å². The van der Waals surface area contributed by atoms with Gasteiger partial charge in [0.15, 0.2) is 9.84 Å². The van der Waals surface area contributed by atoms with Gasteiger partial charge in [-0.1, -0.05) is 28.9 Å². The molecule has 0 radical (unpaired) electrons. The summed E-state index contributed by atoms with van der Waals surface area (Å²) >= 11 is 3.42. The van der Waals surface area contributed by atoms with Crippen LogP contribution in [0.25, 0.3) is 0 Å². The minimum atomic E-state index is -2.93. The Balaban J connectivity index is 2.12. The van der Waals surface area contributed by atoms with Crippen LogP contribution in [0.2, 0.25) is 0 Å². The SMILES string of the molecule is CCCOc1ccc(CBr)c(OC2CCS(=O)(=O)C2)c1. The Morgan fingerprint density at radius 1 is 1.40 bits per heavy atom. The van der Waals surface area contributed by atoms with Crippen LogP contribution in [-0.4, -0.2) is 32.6 Å². The summed E-state index contributed by atoms with van der Waals surface area (Å²) in [5.74, 6) is 1.78. The van der Waals surface area contributed by atoms with E-state index in [1.54, 1.807) is 0 Å². The van der Waals surface area contributed by atoms with Gasteiger partial charge in [0.2, 0.25) is 0 Å². The first-order chi connectivity index (χ1) is 9.54. The van der Waals surface area contributed by atoms with Crippen molar-refractivity contribution in [3.05, 3.63) is 23.8 Å². The second-order valence-corrected chi connectivity index (χ2v) is 7.68. The minimum Gasteiger partial charge on any atom is -0.493 e. The molecule has 2 rings (SSSR count). The number of hydrogen-bond acceptors (Lipinski definition) is 4. The maximum absolute atomic E-state index is 11.5. The summed E-state index contributed by atoms with van der Waals surface area (Å²) in [6.07, 6.45) is 1.25. The summed E-state index contributed by atoms with van der Waals surface area (Å²) < 4.78 is 34.4. The van der Waals surface area contributed by atoms with Crippen molar-refractivity contribution in [1.29, 1.82) is 0 Å². The third kappa shape index (κ3) is 4.12. The van der Waals surface area contributed by atoms with Gasteiger partial charge in [-0.15, -0.1) is 0 Å². The van der Waals surface area contributed by atoms with Crippen LogP contribution in [0.1, 0.15) is 25.3 Å². The van der Waals surface area contributed by atoms with Crippen molar-refractivity contribution in [2.45, 2.75) is 31.2 Å². The molecule has 1 atom stereocenters. The van der Waals surface area contributed by atoms with Gasteiger partial charge in [0.05, 0.1) is 18.1 Å². The average Bonchev–Trinajstić information content (AvgIpc) is 2.76. The van der Waals surface area contributed by atoms with Crippen LogP contribution in [0, 0.1) is 0 Å². The Morgan fingerprint density at radius 2 is 2.20 bits per heavy atom. The van der Waals surface area contributed by atoms with Crippen molar-refractivity contribution in [3.63, 3.8) is 0 Å². The van der Waals surface area contributed by atoms with E-state index in [4.69, 9.17) is 9.47 Å². The van der Waals surface area contributed by atoms with E-state index < -0.39 is 9.84 Å². The molecule has 1 aromatic carbocycles. The molecule has 0 bridgehead atoms. The fourth-order valence-electron chi connectivity index (χ4n) is 2.10. The molecule has 1 fully saturated rings. The molecule has 0 spiro atoms. The molecule has 1 heterocycles. The summed E-state index contributed by atoms with van der Waals surface area (Å²) in [5, 5.41) is 0.663. The lowest BCUT2D eigenvalue weighted by Crippen LogP contribution is -2.18. The molecule has 0 amide bonds. The molecule has 6 heteroatoms. The van der Waals surface area contributed by atoms with Crippen LogP contribution in [0.3, 0.4) is 0 Å². The Kier molecular flexibility index (Phi) is 5.32. The molecule has 0 aromatic heterocycles. The fourth-order valence-corrected chi connectivity index (χ4v) is 4.15. The Bertz CT molecular complexity index is 556. The van der Waals surface area contributed by atoms with Gasteiger partial charge in [0, 0.05) is 17.0 Å². The molecule has 1 aromatic rings. The lowest BCUT2D eigenvalue weighted by molar-refractivity contribution is 0.225. The summed E-state index contributed by atoms with van der Waals surface area (Å²) in [4.78, 5) is 0. The number of ether oxygens (including phenoxy) is 2. The Morgan fingerprint density at radius 3 is 2.80 bits per heavy atom. The van der Waals surface area contributed by atoms with Gasteiger partial charge >= 0.3 is 0 Å². The zero-order chi connectivity index (χ0) is 14.6. The minimum absolute atomic E-state index is 0.106. The van der Waals surface area contributed by atoms with E-state index in [1.165, 1.54) is 0 Å². The first-order valence-electron chi connectivity index (χ1n) is 6.73. The highest BCUT2D eigenvalue weighted by molar-refractivity contribution is 9.08. The number of halogens is 1. The highest BCUT2D eigenvalue weighted by Crippen LogP contribution is 2.29. The summed E-state index contributed by atoms with van der Waals surface area (Å²) in [6, 6.07) is 5.69. The maximum atomic E-state index is 11.5. The Labute approximate surface area is 128 Å². The molecule has 1 unspecified atom stereocenters. The predicted octanol–water partition coefficient (Wildman–Crippen LogP) is 2.94. The van der Waals surface area contributed by atoms with E-state index in [0.29, 0.717) is 24.1 Å². The second-order valence-electron chi connectivity index (χ2n) is 4.89. The number of benzene rings is 1. The molecular weight excluding hydrogens is 344 g/mol. The molecule has 0 aliphatic carbocycles. The Hall–Kier alpha value is -0.750. The van der Waals surface area contributed by atoms with E-state index in [1.807, 2.05) is 25.1 Å². The first-order valence-corrected chi connectivity index (χ1v) is 9.67. The van der Waals surface area contributed by atoms with Crippen LogP contribution >= 0.6 is 15.9 Å². The number of hydrogen-bond donors (Lipinski definition) is 0. The topological polar surface area (TPSA) is 52.6 Å². The van der Waals surface area contributed by atoms with Gasteiger partial charge < -0.3 is 9.47 Å². The molecule has 4 nitrogen and oxygen atoms in total. The summed E-state index contributed by atoms with van der Waals surface area (Å²) in [6.45, 7) is 2.71. The first kappa shape index (κ1) is 15.6. The van der Waals surface area contributed by atoms with Crippen molar-refractivity contribution in [2.24, 2.45) is 0 Å². The zero-order valence-electron chi connectivity index (χ0n) is 11.5. The van der Waals surface area contributed by atoms with Crippen molar-refractivity contribution in [2.75, 3.05) is 18.1 Å². The molecule has 1 aliphatic heterocycles. The third-order valence-corrected chi connectivity index (χ3v) is 5.48. The smallest absolute Gasteiger partial charge is 0.154 e. The highest BCUT2D eigenvalue weighted by atomic mass is 79.9. The van der Waals surface area contributed by atoms with Crippen LogP contribution in [0.5, 0.6) is 11.5 Å². The van der Waals surface area contributed by atoms with Crippen LogP contribution in [0.4, 0.5) is 0 Å². The number of sulfone groups is 1. The molecule has 112 valence electrons. The fraction of sp³-hybridized carbons (Fsp3) is 0.571. The van der Waals surface area contributed by atoms with Crippen LogP contribution in [0.15, 0.2) is 18.2 Å². The van der Waals surface area contributed by atoms with Gasteiger partial charge in [0.25, 0.3) is 0 Å². The summed E-state index contributed by atoms with van der Waals surface area (Å²) in [5.41, 5.74) is 0.998. The molecular formula is C14H19BrO4S. The molecule has 1 aliphatic rings. The van der Waals surface area contributed by atoms with Gasteiger partial charge in [-0.05, 0) is 18.9 Å². The standard InChI is InChI=1S/C14H19BrO4S/c1-2-6-18-12-4-3-11(9-15)14(8-12)19-13-5-7-20(16,17)10-13/h3-4,8,13H,2,5-7,9-10H2,1H3.